The average molecular weight is 567 g/mol. The molecule has 1 atom stereocenters. The molecule has 0 aliphatic carbocycles. The highest BCUT2D eigenvalue weighted by atomic mass is 32.1. The zero-order valence-corrected chi connectivity index (χ0v) is 23.4. The summed E-state index contributed by atoms with van der Waals surface area (Å²) in [6.45, 7) is 3.63. The van der Waals surface area contributed by atoms with Gasteiger partial charge in [0.1, 0.15) is 23.9 Å². The van der Waals surface area contributed by atoms with Crippen LogP contribution in [0.5, 0.6) is 5.75 Å². The van der Waals surface area contributed by atoms with Crippen LogP contribution in [0.2, 0.25) is 0 Å². The molecular formula is C32H30N4O4S. The maximum atomic E-state index is 14.0. The Morgan fingerprint density at radius 2 is 1.83 bits per heavy atom. The van der Waals surface area contributed by atoms with Gasteiger partial charge >= 0.3 is 0 Å². The van der Waals surface area contributed by atoms with Crippen molar-refractivity contribution in [2.24, 2.45) is 0 Å². The first-order valence-electron chi connectivity index (χ1n) is 14.0. The molecular weight excluding hydrogens is 536 g/mol. The summed E-state index contributed by atoms with van der Waals surface area (Å²) in [6.07, 6.45) is 1.48. The normalized spacial score (nSPS) is 17.9. The minimum Gasteiger partial charge on any atom is -0.491 e. The van der Waals surface area contributed by atoms with Gasteiger partial charge in [-0.1, -0.05) is 42.5 Å². The Labute approximate surface area is 242 Å². The summed E-state index contributed by atoms with van der Waals surface area (Å²) < 4.78 is 11.3. The summed E-state index contributed by atoms with van der Waals surface area (Å²) in [5.74, 6) is 1.44. The van der Waals surface area contributed by atoms with Crippen LogP contribution < -0.4 is 19.9 Å². The van der Waals surface area contributed by atoms with E-state index in [1.165, 1.54) is 11.3 Å². The van der Waals surface area contributed by atoms with E-state index >= 15 is 0 Å². The topological polar surface area (TPSA) is 84.0 Å². The predicted molar refractivity (Wildman–Crippen MR) is 159 cm³/mol. The smallest absolute Gasteiger partial charge is 0.276 e. The number of nitrogens with zero attached hydrogens (tertiary/aromatic N) is 3. The summed E-state index contributed by atoms with van der Waals surface area (Å²) in [5.41, 5.74) is 4.37. The van der Waals surface area contributed by atoms with Crippen molar-refractivity contribution in [2.75, 3.05) is 42.7 Å². The van der Waals surface area contributed by atoms with Crippen LogP contribution in [0, 0.1) is 0 Å². The molecule has 3 aliphatic heterocycles. The fourth-order valence-corrected chi connectivity index (χ4v) is 6.85. The Hall–Kier alpha value is -4.21. The molecule has 3 aliphatic rings. The molecule has 0 radical (unpaired) electrons. The summed E-state index contributed by atoms with van der Waals surface area (Å²) in [6, 6.07) is 23.6. The number of pyridine rings is 1. The molecule has 7 rings (SSSR count). The number of para-hydroxylation sites is 2. The van der Waals surface area contributed by atoms with E-state index in [0.717, 1.165) is 45.2 Å². The molecule has 8 nitrogen and oxygen atoms in total. The van der Waals surface area contributed by atoms with E-state index in [0.29, 0.717) is 56.4 Å². The molecule has 41 heavy (non-hydrogen) atoms. The zero-order valence-electron chi connectivity index (χ0n) is 22.5. The van der Waals surface area contributed by atoms with E-state index in [9.17, 15) is 9.59 Å². The van der Waals surface area contributed by atoms with Crippen molar-refractivity contribution in [3.8, 4) is 16.2 Å². The maximum Gasteiger partial charge on any atom is 0.276 e. The molecule has 1 N–H and O–H groups in total. The molecule has 0 bridgehead atoms. The number of amides is 2. The average Bonchev–Trinajstić information content (AvgIpc) is 3.59. The van der Waals surface area contributed by atoms with Crippen molar-refractivity contribution in [3.05, 3.63) is 94.5 Å². The SMILES string of the molecule is O=C(N[C@H]1CCOC1)c1cc2c(s1)-c1ccccc1N(C(=O)c1cccc(N3CCOc4ccccc4C3)n1)CC2. The van der Waals surface area contributed by atoms with Gasteiger partial charge in [0.2, 0.25) is 0 Å². The minimum atomic E-state index is -0.139. The van der Waals surface area contributed by atoms with Crippen molar-refractivity contribution in [1.29, 1.82) is 0 Å². The minimum absolute atomic E-state index is 0.0599. The number of thiophene rings is 1. The molecule has 9 heteroatoms. The number of aromatic nitrogens is 1. The number of anilines is 2. The van der Waals surface area contributed by atoms with E-state index < -0.39 is 0 Å². The summed E-state index contributed by atoms with van der Waals surface area (Å²) >= 11 is 1.49. The van der Waals surface area contributed by atoms with Crippen molar-refractivity contribution in [1.82, 2.24) is 10.3 Å². The quantitative estimate of drug-likeness (QED) is 0.377. The van der Waals surface area contributed by atoms with Crippen LogP contribution in [0.3, 0.4) is 0 Å². The lowest BCUT2D eigenvalue weighted by atomic mass is 10.1. The lowest BCUT2D eigenvalue weighted by Gasteiger charge is -2.24. The molecule has 1 saturated heterocycles. The van der Waals surface area contributed by atoms with Crippen LogP contribution in [0.1, 0.15) is 37.7 Å². The maximum absolute atomic E-state index is 14.0. The van der Waals surface area contributed by atoms with Crippen LogP contribution in [-0.2, 0) is 17.7 Å². The van der Waals surface area contributed by atoms with E-state index in [4.69, 9.17) is 14.5 Å². The van der Waals surface area contributed by atoms with Gasteiger partial charge in [0.25, 0.3) is 11.8 Å². The largest absolute Gasteiger partial charge is 0.491 e. The number of benzene rings is 2. The van der Waals surface area contributed by atoms with Crippen molar-refractivity contribution in [2.45, 2.75) is 25.4 Å². The Bertz CT molecular complexity index is 1610. The van der Waals surface area contributed by atoms with Gasteiger partial charge < -0.3 is 24.6 Å². The summed E-state index contributed by atoms with van der Waals surface area (Å²) in [7, 11) is 0. The lowest BCUT2D eigenvalue weighted by molar-refractivity contribution is 0.0932. The van der Waals surface area contributed by atoms with Gasteiger partial charge in [-0.15, -0.1) is 11.3 Å². The lowest BCUT2D eigenvalue weighted by Crippen LogP contribution is -2.34. The summed E-state index contributed by atoms with van der Waals surface area (Å²) in [5, 5.41) is 3.10. The Morgan fingerprint density at radius 1 is 0.951 bits per heavy atom. The number of hydrogen-bond acceptors (Lipinski definition) is 7. The third-order valence-electron chi connectivity index (χ3n) is 7.82. The van der Waals surface area contributed by atoms with Gasteiger partial charge in [0.05, 0.1) is 29.8 Å². The first-order chi connectivity index (χ1) is 20.1. The third kappa shape index (κ3) is 5.07. The van der Waals surface area contributed by atoms with Crippen LogP contribution in [-0.4, -0.2) is 55.8 Å². The van der Waals surface area contributed by atoms with Crippen LogP contribution in [0.4, 0.5) is 11.5 Å². The van der Waals surface area contributed by atoms with E-state index in [1.807, 2.05) is 65.6 Å². The molecule has 5 heterocycles. The number of hydrogen-bond donors (Lipinski definition) is 1. The van der Waals surface area contributed by atoms with Crippen molar-refractivity contribution < 1.29 is 19.1 Å². The van der Waals surface area contributed by atoms with E-state index in [1.54, 1.807) is 6.07 Å². The number of nitrogens with one attached hydrogen (secondary N) is 1. The molecule has 0 unspecified atom stereocenters. The van der Waals surface area contributed by atoms with E-state index in [2.05, 4.69) is 16.3 Å². The molecule has 4 aromatic rings. The predicted octanol–water partition coefficient (Wildman–Crippen LogP) is 4.93. The van der Waals surface area contributed by atoms with Gasteiger partial charge in [-0.05, 0) is 48.7 Å². The van der Waals surface area contributed by atoms with Crippen LogP contribution in [0.15, 0.2) is 72.8 Å². The van der Waals surface area contributed by atoms with Crippen LogP contribution in [0.25, 0.3) is 10.4 Å². The fraction of sp³-hybridized carbons (Fsp3) is 0.281. The van der Waals surface area contributed by atoms with Gasteiger partial charge in [0.15, 0.2) is 0 Å². The Balaban J connectivity index is 1.15. The van der Waals surface area contributed by atoms with Crippen molar-refractivity contribution >= 4 is 34.7 Å². The highest BCUT2D eigenvalue weighted by Gasteiger charge is 2.29. The second-order valence-electron chi connectivity index (χ2n) is 10.5. The Morgan fingerprint density at radius 3 is 2.73 bits per heavy atom. The highest BCUT2D eigenvalue weighted by Crippen LogP contribution is 2.42. The van der Waals surface area contributed by atoms with Crippen LogP contribution >= 0.6 is 11.3 Å². The highest BCUT2D eigenvalue weighted by molar-refractivity contribution is 7.17. The third-order valence-corrected chi connectivity index (χ3v) is 9.03. The number of carbonyl (C=O) groups excluding carboxylic acids is 2. The monoisotopic (exact) mass is 566 g/mol. The number of ether oxygens (including phenoxy) is 2. The molecule has 0 spiro atoms. The summed E-state index contributed by atoms with van der Waals surface area (Å²) in [4.78, 5) is 37.5. The fourth-order valence-electron chi connectivity index (χ4n) is 5.70. The van der Waals surface area contributed by atoms with Gasteiger partial charge in [0, 0.05) is 35.7 Å². The Kier molecular flexibility index (Phi) is 6.90. The second kappa shape index (κ2) is 11.0. The molecule has 2 amide bonds. The molecule has 2 aromatic carbocycles. The van der Waals surface area contributed by atoms with Gasteiger partial charge in [-0.2, -0.15) is 0 Å². The molecule has 1 fully saturated rings. The first kappa shape index (κ1) is 25.7. The molecule has 208 valence electrons. The molecule has 2 aromatic heterocycles. The number of carbonyl (C=O) groups is 2. The van der Waals surface area contributed by atoms with Gasteiger partial charge in [-0.3, -0.25) is 9.59 Å². The second-order valence-corrected chi connectivity index (χ2v) is 11.5. The zero-order chi connectivity index (χ0) is 27.8. The first-order valence-corrected chi connectivity index (χ1v) is 14.8. The number of fused-ring (bicyclic) bond motifs is 4. The standard InChI is InChI=1S/C32H30N4O4S/c37-31(33-23-13-16-39-20-23)28-18-21-12-14-36(26-9-3-2-7-24(26)30(21)41-28)32(38)25-8-5-11-29(34-25)35-15-17-40-27-10-4-1-6-22(27)19-35/h1-11,18,23H,12-17,19-20H2,(H,33,37)/t23-/m0/s1. The number of rotatable bonds is 4. The van der Waals surface area contributed by atoms with Crippen molar-refractivity contribution in [3.63, 3.8) is 0 Å². The molecule has 0 saturated carbocycles. The van der Waals surface area contributed by atoms with E-state index in [-0.39, 0.29) is 17.9 Å². The van der Waals surface area contributed by atoms with Gasteiger partial charge in [-0.25, -0.2) is 4.98 Å².